The van der Waals surface area contributed by atoms with Gasteiger partial charge in [-0.3, -0.25) is 0 Å². The van der Waals surface area contributed by atoms with Gasteiger partial charge in [0.15, 0.2) is 11.6 Å². The molecule has 1 unspecified atom stereocenters. The highest BCUT2D eigenvalue weighted by molar-refractivity contribution is 5.67. The largest absolute Gasteiger partial charge is 0.203 e. The van der Waals surface area contributed by atoms with E-state index in [4.69, 9.17) is 0 Å². The van der Waals surface area contributed by atoms with Crippen LogP contribution in [-0.4, -0.2) is 0 Å². The first-order valence-corrected chi connectivity index (χ1v) is 9.46. The zero-order valence-electron chi connectivity index (χ0n) is 15.1. The summed E-state index contributed by atoms with van der Waals surface area (Å²) in [4.78, 5) is 0. The molecule has 1 aliphatic rings. The molecular formula is C22H30F2. The van der Waals surface area contributed by atoms with Gasteiger partial charge in [0.1, 0.15) is 0 Å². The standard InChI is InChI=1S/C22H30F2/c1-3-5-6-7-8-10-19-15-16-20(22(24)21(19)23)18-13-11-17(9-4-2)12-14-18/h4,9,13,15-17H,3,5-8,10-12,14H2,1-2H3/b9-4+. The Hall–Kier alpha value is -1.44. The highest BCUT2D eigenvalue weighted by atomic mass is 19.2. The van der Waals surface area contributed by atoms with Gasteiger partial charge in [-0.25, -0.2) is 8.78 Å². The number of halogens is 2. The lowest BCUT2D eigenvalue weighted by atomic mass is 9.86. The molecule has 24 heavy (non-hydrogen) atoms. The van der Waals surface area contributed by atoms with E-state index < -0.39 is 11.6 Å². The second-order valence-electron chi connectivity index (χ2n) is 6.85. The van der Waals surface area contributed by atoms with Crippen molar-refractivity contribution in [1.82, 2.24) is 0 Å². The third kappa shape index (κ3) is 5.03. The predicted molar refractivity (Wildman–Crippen MR) is 99.0 cm³/mol. The lowest BCUT2D eigenvalue weighted by Gasteiger charge is -2.20. The van der Waals surface area contributed by atoms with E-state index in [0.29, 0.717) is 23.5 Å². The van der Waals surface area contributed by atoms with E-state index in [0.717, 1.165) is 37.7 Å². The molecule has 0 saturated heterocycles. The highest BCUT2D eigenvalue weighted by Crippen LogP contribution is 2.33. The van der Waals surface area contributed by atoms with Gasteiger partial charge in [0, 0.05) is 5.56 Å². The fourth-order valence-corrected chi connectivity index (χ4v) is 3.50. The third-order valence-corrected chi connectivity index (χ3v) is 4.97. The summed E-state index contributed by atoms with van der Waals surface area (Å²) in [6, 6.07) is 3.56. The molecule has 1 aliphatic carbocycles. The maximum Gasteiger partial charge on any atom is 0.166 e. The van der Waals surface area contributed by atoms with Crippen molar-refractivity contribution in [3.8, 4) is 0 Å². The van der Waals surface area contributed by atoms with Crippen molar-refractivity contribution in [3.05, 3.63) is 53.1 Å². The van der Waals surface area contributed by atoms with Gasteiger partial charge in [-0.05, 0) is 56.1 Å². The average Bonchev–Trinajstić information content (AvgIpc) is 2.60. The van der Waals surface area contributed by atoms with E-state index in [1.807, 2.05) is 6.92 Å². The molecule has 0 amide bonds. The number of benzene rings is 1. The smallest absolute Gasteiger partial charge is 0.166 e. The van der Waals surface area contributed by atoms with Crippen LogP contribution in [0.25, 0.3) is 5.57 Å². The van der Waals surface area contributed by atoms with Crippen LogP contribution in [0, 0.1) is 17.6 Å². The van der Waals surface area contributed by atoms with E-state index in [1.54, 1.807) is 12.1 Å². The molecule has 0 aliphatic heterocycles. The minimum absolute atomic E-state index is 0.459. The van der Waals surface area contributed by atoms with E-state index in [-0.39, 0.29) is 0 Å². The monoisotopic (exact) mass is 332 g/mol. The summed E-state index contributed by atoms with van der Waals surface area (Å²) >= 11 is 0. The summed E-state index contributed by atoms with van der Waals surface area (Å²) < 4.78 is 28.9. The van der Waals surface area contributed by atoms with Gasteiger partial charge < -0.3 is 0 Å². The molecule has 0 bridgehead atoms. The van der Waals surface area contributed by atoms with Gasteiger partial charge in [-0.1, -0.05) is 63.0 Å². The summed E-state index contributed by atoms with van der Waals surface area (Å²) in [5.74, 6) is -0.759. The molecule has 0 N–H and O–H groups in total. The molecule has 0 fully saturated rings. The summed E-state index contributed by atoms with van der Waals surface area (Å²) in [7, 11) is 0. The van der Waals surface area contributed by atoms with Gasteiger partial charge in [-0.2, -0.15) is 0 Å². The summed E-state index contributed by atoms with van der Waals surface area (Å²) in [5.41, 5.74) is 1.94. The number of aryl methyl sites for hydroxylation is 1. The van der Waals surface area contributed by atoms with Crippen LogP contribution >= 0.6 is 0 Å². The first-order chi connectivity index (χ1) is 11.7. The molecule has 0 radical (unpaired) electrons. The van der Waals surface area contributed by atoms with Crippen LogP contribution in [0.3, 0.4) is 0 Å². The Labute approximate surface area is 145 Å². The first-order valence-electron chi connectivity index (χ1n) is 9.46. The SMILES string of the molecule is C/C=C/C1CC=C(c2ccc(CCCCCCC)c(F)c2F)CC1. The Balaban J connectivity index is 2.02. The van der Waals surface area contributed by atoms with Crippen molar-refractivity contribution >= 4 is 5.57 Å². The van der Waals surface area contributed by atoms with E-state index >= 15 is 0 Å². The fraction of sp³-hybridized carbons (Fsp3) is 0.545. The molecule has 0 nitrogen and oxygen atoms in total. The number of allylic oxidation sites excluding steroid dienone is 4. The normalized spacial score (nSPS) is 18.2. The lowest BCUT2D eigenvalue weighted by Crippen LogP contribution is -2.05. The van der Waals surface area contributed by atoms with Gasteiger partial charge in [-0.15, -0.1) is 0 Å². The summed E-state index contributed by atoms with van der Waals surface area (Å²) in [6.07, 6.45) is 15.4. The Kier molecular flexibility index (Phi) is 7.68. The molecule has 1 aromatic carbocycles. The first kappa shape index (κ1) is 18.9. The van der Waals surface area contributed by atoms with Crippen molar-refractivity contribution in [3.63, 3.8) is 0 Å². The topological polar surface area (TPSA) is 0 Å². The summed E-state index contributed by atoms with van der Waals surface area (Å²) in [5, 5.41) is 0. The van der Waals surface area contributed by atoms with Crippen molar-refractivity contribution in [1.29, 1.82) is 0 Å². The van der Waals surface area contributed by atoms with E-state index in [2.05, 4.69) is 25.2 Å². The number of rotatable bonds is 8. The van der Waals surface area contributed by atoms with Gasteiger partial charge in [0.05, 0.1) is 0 Å². The molecule has 2 heteroatoms. The average molecular weight is 332 g/mol. The quantitative estimate of drug-likeness (QED) is 0.348. The molecular weight excluding hydrogens is 302 g/mol. The van der Waals surface area contributed by atoms with Gasteiger partial charge in [0.2, 0.25) is 0 Å². The Morgan fingerprint density at radius 3 is 2.54 bits per heavy atom. The van der Waals surface area contributed by atoms with Crippen molar-refractivity contribution in [2.24, 2.45) is 5.92 Å². The molecule has 0 heterocycles. The maximum atomic E-state index is 14.5. The van der Waals surface area contributed by atoms with E-state index in [1.165, 1.54) is 19.3 Å². The van der Waals surface area contributed by atoms with Gasteiger partial charge >= 0.3 is 0 Å². The zero-order valence-corrected chi connectivity index (χ0v) is 15.1. The molecule has 132 valence electrons. The Morgan fingerprint density at radius 1 is 1.08 bits per heavy atom. The molecule has 0 aromatic heterocycles. The van der Waals surface area contributed by atoms with Crippen LogP contribution in [0.5, 0.6) is 0 Å². The minimum Gasteiger partial charge on any atom is -0.203 e. The zero-order chi connectivity index (χ0) is 17.4. The van der Waals surface area contributed by atoms with Crippen molar-refractivity contribution in [2.45, 2.75) is 71.6 Å². The minimum atomic E-state index is -0.656. The van der Waals surface area contributed by atoms with Gasteiger partial charge in [0.25, 0.3) is 0 Å². The fourth-order valence-electron chi connectivity index (χ4n) is 3.50. The second-order valence-corrected chi connectivity index (χ2v) is 6.85. The highest BCUT2D eigenvalue weighted by Gasteiger charge is 2.19. The Morgan fingerprint density at radius 2 is 1.88 bits per heavy atom. The van der Waals surface area contributed by atoms with Crippen LogP contribution in [-0.2, 0) is 6.42 Å². The molecule has 0 spiro atoms. The molecule has 1 atom stereocenters. The number of hydrogen-bond acceptors (Lipinski definition) is 0. The summed E-state index contributed by atoms with van der Waals surface area (Å²) in [6.45, 7) is 4.20. The molecule has 1 aromatic rings. The van der Waals surface area contributed by atoms with E-state index in [9.17, 15) is 8.78 Å². The van der Waals surface area contributed by atoms with Crippen LogP contribution in [0.15, 0.2) is 30.4 Å². The number of unbranched alkanes of at least 4 members (excludes halogenated alkanes) is 4. The second kappa shape index (κ2) is 9.76. The van der Waals surface area contributed by atoms with Crippen LogP contribution in [0.1, 0.15) is 76.3 Å². The van der Waals surface area contributed by atoms with Crippen LogP contribution in [0.4, 0.5) is 8.78 Å². The van der Waals surface area contributed by atoms with Crippen molar-refractivity contribution in [2.75, 3.05) is 0 Å². The Bertz CT molecular complexity index is 584. The third-order valence-electron chi connectivity index (χ3n) is 4.97. The van der Waals surface area contributed by atoms with Crippen LogP contribution in [0.2, 0.25) is 0 Å². The lowest BCUT2D eigenvalue weighted by molar-refractivity contribution is 0.491. The van der Waals surface area contributed by atoms with Crippen LogP contribution < -0.4 is 0 Å². The number of hydrogen-bond donors (Lipinski definition) is 0. The maximum absolute atomic E-state index is 14.5. The predicted octanol–water partition coefficient (Wildman–Crippen LogP) is 7.24. The molecule has 0 saturated carbocycles. The van der Waals surface area contributed by atoms with Crippen molar-refractivity contribution < 1.29 is 8.78 Å². The molecule has 2 rings (SSSR count).